The highest BCUT2D eigenvalue weighted by atomic mass is 79.9. The molecule has 0 aliphatic heterocycles. The zero-order valence-corrected chi connectivity index (χ0v) is 8.84. The third kappa shape index (κ3) is 2.28. The molecule has 0 saturated carbocycles. The van der Waals surface area contributed by atoms with Crippen LogP contribution < -0.4 is 0 Å². The maximum Gasteiger partial charge on any atom is 0.144 e. The molecule has 1 radical (unpaired) electrons. The van der Waals surface area contributed by atoms with Gasteiger partial charge in [-0.3, -0.25) is 0 Å². The molecule has 0 atom stereocenters. The standard InChI is InChI=1S/C6H6BrO2S2/c1-4-6(7)5(2-10-4)3-11(8)9/h2,11H,1,3H2. The zero-order valence-electron chi connectivity index (χ0n) is 5.54. The van der Waals surface area contributed by atoms with E-state index < -0.39 is 10.7 Å². The summed E-state index contributed by atoms with van der Waals surface area (Å²) in [5.74, 6) is 0.0991. The summed E-state index contributed by atoms with van der Waals surface area (Å²) in [6.45, 7) is 3.72. The van der Waals surface area contributed by atoms with Gasteiger partial charge in [0, 0.05) is 9.35 Å². The molecule has 0 bridgehead atoms. The normalized spacial score (nSPS) is 10.8. The van der Waals surface area contributed by atoms with E-state index in [0.717, 1.165) is 14.9 Å². The van der Waals surface area contributed by atoms with Crippen LogP contribution >= 0.6 is 27.3 Å². The number of thiophene rings is 1. The molecule has 0 amide bonds. The molecule has 0 unspecified atom stereocenters. The lowest BCUT2D eigenvalue weighted by Crippen LogP contribution is -1.83. The predicted molar refractivity (Wildman–Crippen MR) is 50.5 cm³/mol. The van der Waals surface area contributed by atoms with Crippen LogP contribution in [-0.2, 0) is 16.5 Å². The minimum atomic E-state index is -2.33. The van der Waals surface area contributed by atoms with Crippen molar-refractivity contribution < 1.29 is 8.42 Å². The van der Waals surface area contributed by atoms with Crippen LogP contribution in [0.2, 0.25) is 0 Å². The second-order valence-corrected chi connectivity index (χ2v) is 4.73. The number of hydrogen-bond acceptors (Lipinski definition) is 3. The molecule has 1 aromatic rings. The van der Waals surface area contributed by atoms with E-state index in [1.807, 2.05) is 0 Å². The molecule has 1 rings (SSSR count). The van der Waals surface area contributed by atoms with Crippen LogP contribution in [0.4, 0.5) is 0 Å². The molecular weight excluding hydrogens is 248 g/mol. The lowest BCUT2D eigenvalue weighted by molar-refractivity contribution is 0.614. The van der Waals surface area contributed by atoms with E-state index in [1.165, 1.54) is 11.3 Å². The van der Waals surface area contributed by atoms with Gasteiger partial charge in [-0.2, -0.15) is 0 Å². The Morgan fingerprint density at radius 2 is 2.27 bits per heavy atom. The fourth-order valence-corrected chi connectivity index (χ4v) is 2.95. The van der Waals surface area contributed by atoms with Crippen molar-refractivity contribution in [2.24, 2.45) is 0 Å². The van der Waals surface area contributed by atoms with E-state index in [-0.39, 0.29) is 5.75 Å². The Bertz CT molecular complexity index is 319. The molecule has 61 valence electrons. The van der Waals surface area contributed by atoms with Crippen LogP contribution in [0.3, 0.4) is 0 Å². The third-order valence-corrected chi connectivity index (χ3v) is 3.91. The van der Waals surface area contributed by atoms with Crippen molar-refractivity contribution in [2.45, 2.75) is 5.75 Å². The summed E-state index contributed by atoms with van der Waals surface area (Å²) in [7, 11) is -2.33. The van der Waals surface area contributed by atoms with Crippen molar-refractivity contribution in [3.8, 4) is 0 Å². The summed E-state index contributed by atoms with van der Waals surface area (Å²) in [5, 5.41) is 1.80. The summed E-state index contributed by atoms with van der Waals surface area (Å²) in [5.41, 5.74) is 0.802. The lowest BCUT2D eigenvalue weighted by atomic mass is 10.3. The minimum Gasteiger partial charge on any atom is -0.232 e. The highest BCUT2D eigenvalue weighted by Crippen LogP contribution is 2.27. The van der Waals surface area contributed by atoms with Crippen molar-refractivity contribution >= 4 is 38.0 Å². The topological polar surface area (TPSA) is 34.1 Å². The SMILES string of the molecule is [CH2]c1scc(C[SH](=O)=O)c1Br. The summed E-state index contributed by atoms with van der Waals surface area (Å²) in [6, 6.07) is 0. The predicted octanol–water partition coefficient (Wildman–Crippen LogP) is 1.80. The number of halogens is 1. The lowest BCUT2D eigenvalue weighted by Gasteiger charge is -1.89. The fraction of sp³-hybridized carbons (Fsp3) is 0.167. The van der Waals surface area contributed by atoms with Crippen LogP contribution in [0.5, 0.6) is 0 Å². The first-order valence-corrected chi connectivity index (χ1v) is 5.84. The van der Waals surface area contributed by atoms with Crippen LogP contribution in [0.25, 0.3) is 0 Å². The van der Waals surface area contributed by atoms with Gasteiger partial charge in [-0.05, 0) is 33.8 Å². The van der Waals surface area contributed by atoms with Gasteiger partial charge in [0.15, 0.2) is 0 Å². The second-order valence-electron chi connectivity index (χ2n) is 1.99. The quantitative estimate of drug-likeness (QED) is 0.816. The van der Waals surface area contributed by atoms with Gasteiger partial charge in [0.1, 0.15) is 10.7 Å². The Kier molecular flexibility index (Phi) is 3.09. The first kappa shape index (κ1) is 9.22. The Morgan fingerprint density at radius 3 is 2.64 bits per heavy atom. The second kappa shape index (κ2) is 3.69. The van der Waals surface area contributed by atoms with Crippen molar-refractivity contribution in [1.29, 1.82) is 0 Å². The summed E-state index contributed by atoms with van der Waals surface area (Å²) >= 11 is 4.71. The molecule has 1 heterocycles. The molecule has 0 N–H and O–H groups in total. The summed E-state index contributed by atoms with van der Waals surface area (Å²) in [4.78, 5) is 0.872. The van der Waals surface area contributed by atoms with Gasteiger partial charge in [0.25, 0.3) is 0 Å². The average Bonchev–Trinajstić information content (AvgIpc) is 2.18. The largest absolute Gasteiger partial charge is 0.232 e. The number of thiol groups is 1. The van der Waals surface area contributed by atoms with E-state index in [1.54, 1.807) is 5.38 Å². The van der Waals surface area contributed by atoms with Gasteiger partial charge in [-0.15, -0.1) is 11.3 Å². The van der Waals surface area contributed by atoms with E-state index in [2.05, 4.69) is 22.9 Å². The Morgan fingerprint density at radius 1 is 1.64 bits per heavy atom. The molecule has 0 saturated heterocycles. The molecule has 2 nitrogen and oxygen atoms in total. The van der Waals surface area contributed by atoms with E-state index >= 15 is 0 Å². The molecule has 0 spiro atoms. The number of hydrogen-bond donors (Lipinski definition) is 1. The molecule has 0 aromatic carbocycles. The average molecular weight is 254 g/mol. The molecule has 0 fully saturated rings. The first-order valence-electron chi connectivity index (χ1n) is 2.81. The van der Waals surface area contributed by atoms with Crippen molar-refractivity contribution in [3.63, 3.8) is 0 Å². The monoisotopic (exact) mass is 253 g/mol. The van der Waals surface area contributed by atoms with Crippen molar-refractivity contribution in [2.75, 3.05) is 0 Å². The fourth-order valence-electron chi connectivity index (χ4n) is 0.671. The smallest absolute Gasteiger partial charge is 0.144 e. The molecular formula is C6H6BrO2S2. The summed E-state index contributed by atoms with van der Waals surface area (Å²) in [6.07, 6.45) is 0. The van der Waals surface area contributed by atoms with E-state index in [9.17, 15) is 8.42 Å². The molecule has 1 aromatic heterocycles. The minimum absolute atomic E-state index is 0.0991. The Balaban J connectivity index is 2.95. The molecule has 5 heteroatoms. The van der Waals surface area contributed by atoms with Gasteiger partial charge in [0.2, 0.25) is 0 Å². The van der Waals surface area contributed by atoms with Gasteiger partial charge >= 0.3 is 0 Å². The maximum atomic E-state index is 10.3. The van der Waals surface area contributed by atoms with Gasteiger partial charge in [-0.25, -0.2) is 8.42 Å². The van der Waals surface area contributed by atoms with Gasteiger partial charge in [-0.1, -0.05) is 0 Å². The first-order chi connectivity index (χ1) is 5.11. The Hall–Kier alpha value is 0.130. The van der Waals surface area contributed by atoms with Gasteiger partial charge in [0.05, 0.1) is 5.75 Å². The maximum absolute atomic E-state index is 10.3. The summed E-state index contributed by atoms with van der Waals surface area (Å²) < 4.78 is 21.5. The third-order valence-electron chi connectivity index (χ3n) is 1.17. The Labute approximate surface area is 79.3 Å². The highest BCUT2D eigenvalue weighted by molar-refractivity contribution is 9.10. The highest BCUT2D eigenvalue weighted by Gasteiger charge is 2.05. The van der Waals surface area contributed by atoms with Crippen LogP contribution in [-0.4, -0.2) is 8.42 Å². The van der Waals surface area contributed by atoms with Gasteiger partial charge < -0.3 is 0 Å². The molecule has 11 heavy (non-hydrogen) atoms. The van der Waals surface area contributed by atoms with E-state index in [4.69, 9.17) is 0 Å². The van der Waals surface area contributed by atoms with Crippen LogP contribution in [0.1, 0.15) is 10.4 Å². The number of rotatable bonds is 2. The van der Waals surface area contributed by atoms with Crippen molar-refractivity contribution in [3.05, 3.63) is 27.2 Å². The van der Waals surface area contributed by atoms with Crippen LogP contribution in [0.15, 0.2) is 9.85 Å². The van der Waals surface area contributed by atoms with Crippen molar-refractivity contribution in [1.82, 2.24) is 0 Å². The zero-order chi connectivity index (χ0) is 8.43. The van der Waals surface area contributed by atoms with E-state index in [0.29, 0.717) is 0 Å². The van der Waals surface area contributed by atoms with Crippen LogP contribution in [0, 0.1) is 6.92 Å². The molecule has 0 aliphatic carbocycles. The molecule has 0 aliphatic rings.